The summed E-state index contributed by atoms with van der Waals surface area (Å²) >= 11 is 1.57. The smallest absolute Gasteiger partial charge is 0.257 e. The van der Waals surface area contributed by atoms with Crippen molar-refractivity contribution in [2.75, 3.05) is 36.5 Å². The molecule has 3 aromatic heterocycles. The van der Waals surface area contributed by atoms with Crippen LogP contribution in [0.25, 0.3) is 11.0 Å². The molecular weight excluding hydrogens is 388 g/mol. The van der Waals surface area contributed by atoms with Gasteiger partial charge in [-0.1, -0.05) is 0 Å². The molecule has 150 valence electrons. The maximum absolute atomic E-state index is 13.0. The van der Waals surface area contributed by atoms with Crippen LogP contribution in [0.5, 0.6) is 0 Å². The fraction of sp³-hybridized carbons (Fsp3) is 0.400. The molecule has 0 atom stereocenters. The van der Waals surface area contributed by atoms with E-state index in [1.807, 2.05) is 26.1 Å². The highest BCUT2D eigenvalue weighted by atomic mass is 32.1. The van der Waals surface area contributed by atoms with Crippen molar-refractivity contribution in [2.24, 2.45) is 0 Å². The molecule has 0 bridgehead atoms. The lowest BCUT2D eigenvalue weighted by molar-refractivity contribution is -0.118. The summed E-state index contributed by atoms with van der Waals surface area (Å²) in [6, 6.07) is 1.95. The number of hydrogen-bond donors (Lipinski definition) is 1. The first kappa shape index (κ1) is 18.1. The highest BCUT2D eigenvalue weighted by Crippen LogP contribution is 2.42. The quantitative estimate of drug-likeness (QED) is 0.701. The third kappa shape index (κ3) is 2.71. The highest BCUT2D eigenvalue weighted by Gasteiger charge is 2.36. The van der Waals surface area contributed by atoms with E-state index < -0.39 is 0 Å². The van der Waals surface area contributed by atoms with Crippen LogP contribution in [0.1, 0.15) is 33.5 Å². The fourth-order valence-electron chi connectivity index (χ4n) is 4.24. The maximum atomic E-state index is 13.0. The van der Waals surface area contributed by atoms with E-state index in [9.17, 15) is 9.59 Å². The average Bonchev–Trinajstić information content (AvgIpc) is 3.28. The number of anilines is 2. The second-order valence-electron chi connectivity index (χ2n) is 7.49. The number of hydrogen-bond acceptors (Lipinski definition) is 6. The van der Waals surface area contributed by atoms with Gasteiger partial charge in [-0.2, -0.15) is 0 Å². The van der Waals surface area contributed by atoms with E-state index in [0.717, 1.165) is 51.1 Å². The Morgan fingerprint density at radius 1 is 1.24 bits per heavy atom. The molecule has 29 heavy (non-hydrogen) atoms. The van der Waals surface area contributed by atoms with Crippen molar-refractivity contribution in [3.63, 3.8) is 0 Å². The van der Waals surface area contributed by atoms with E-state index in [4.69, 9.17) is 0 Å². The molecule has 8 nitrogen and oxygen atoms in total. The lowest BCUT2D eigenvalue weighted by Crippen LogP contribution is -2.37. The van der Waals surface area contributed by atoms with Crippen LogP contribution in [0.3, 0.4) is 0 Å². The fourth-order valence-corrected chi connectivity index (χ4v) is 5.67. The molecule has 5 heterocycles. The molecule has 9 heteroatoms. The molecule has 3 aromatic rings. The van der Waals surface area contributed by atoms with Gasteiger partial charge in [-0.15, -0.1) is 11.3 Å². The minimum absolute atomic E-state index is 0.0305. The van der Waals surface area contributed by atoms with Crippen LogP contribution >= 0.6 is 11.3 Å². The van der Waals surface area contributed by atoms with E-state index in [-0.39, 0.29) is 18.4 Å². The average molecular weight is 411 g/mol. The van der Waals surface area contributed by atoms with Crippen LogP contribution in [0.2, 0.25) is 0 Å². The second-order valence-corrected chi connectivity index (χ2v) is 8.57. The van der Waals surface area contributed by atoms with E-state index in [0.29, 0.717) is 18.7 Å². The minimum atomic E-state index is -0.0557. The van der Waals surface area contributed by atoms with Crippen molar-refractivity contribution >= 4 is 45.0 Å². The number of aromatic amines is 1. The van der Waals surface area contributed by atoms with Crippen LogP contribution in [0.4, 0.5) is 10.8 Å². The summed E-state index contributed by atoms with van der Waals surface area (Å²) < 4.78 is 0. The molecule has 0 radical (unpaired) electrons. The first-order chi connectivity index (χ1) is 14.0. The Labute approximate surface area is 172 Å². The number of thiophene rings is 1. The molecule has 0 fully saturated rings. The minimum Gasteiger partial charge on any atom is -0.357 e. The normalized spacial score (nSPS) is 17.0. The largest absolute Gasteiger partial charge is 0.357 e. The summed E-state index contributed by atoms with van der Waals surface area (Å²) in [5, 5.41) is 0.794. The molecule has 2 aliphatic rings. The van der Waals surface area contributed by atoms with Crippen molar-refractivity contribution in [1.29, 1.82) is 0 Å². The van der Waals surface area contributed by atoms with E-state index in [1.54, 1.807) is 23.3 Å². The summed E-state index contributed by atoms with van der Waals surface area (Å²) in [6.45, 7) is 5.97. The molecule has 0 aromatic carbocycles. The van der Waals surface area contributed by atoms with Gasteiger partial charge in [-0.05, 0) is 31.9 Å². The standard InChI is InChI=1S/C20H22N6O2S/c1-4-26-15(27)10-24(3)19(28)16-12-6-8-25(9-14(12)29-20(16)26)18-17-13(5-7-21-17)22-11(2)23-18/h5,7,21H,4,6,8-10H2,1-3H3. The third-order valence-corrected chi connectivity index (χ3v) is 6.87. The van der Waals surface area contributed by atoms with Crippen molar-refractivity contribution in [2.45, 2.75) is 26.8 Å². The number of rotatable bonds is 2. The number of amides is 2. The molecular formula is C20H22N6O2S. The molecule has 5 rings (SSSR count). The van der Waals surface area contributed by atoms with Gasteiger partial charge in [-0.3, -0.25) is 9.59 Å². The van der Waals surface area contributed by atoms with E-state index >= 15 is 0 Å². The number of carbonyl (C=O) groups excluding carboxylic acids is 2. The highest BCUT2D eigenvalue weighted by molar-refractivity contribution is 7.17. The lowest BCUT2D eigenvalue weighted by atomic mass is 10.0. The Bertz CT molecular complexity index is 1150. The molecule has 0 unspecified atom stereocenters. The number of H-pyrrole nitrogens is 1. The molecule has 2 amide bonds. The summed E-state index contributed by atoms with van der Waals surface area (Å²) in [4.78, 5) is 44.7. The lowest BCUT2D eigenvalue weighted by Gasteiger charge is -2.29. The first-order valence-corrected chi connectivity index (χ1v) is 10.6. The van der Waals surface area contributed by atoms with Gasteiger partial charge in [0.2, 0.25) is 5.91 Å². The number of likely N-dealkylation sites (N-methyl/N-ethyl adjacent to an activating group) is 2. The molecule has 0 saturated carbocycles. The zero-order chi connectivity index (χ0) is 20.3. The molecule has 2 aliphatic heterocycles. The molecule has 1 N–H and O–H groups in total. The van der Waals surface area contributed by atoms with Gasteiger partial charge in [0.25, 0.3) is 5.91 Å². The maximum Gasteiger partial charge on any atom is 0.257 e. The molecule has 0 saturated heterocycles. The topological polar surface area (TPSA) is 85.4 Å². The van der Waals surface area contributed by atoms with E-state index in [2.05, 4.69) is 19.9 Å². The van der Waals surface area contributed by atoms with Gasteiger partial charge < -0.3 is 19.7 Å². The summed E-state index contributed by atoms with van der Waals surface area (Å²) in [5.74, 6) is 1.54. The van der Waals surface area contributed by atoms with Crippen molar-refractivity contribution in [3.05, 3.63) is 34.1 Å². The van der Waals surface area contributed by atoms with Gasteiger partial charge >= 0.3 is 0 Å². The van der Waals surface area contributed by atoms with Crippen LogP contribution in [0.15, 0.2) is 12.3 Å². The Hall–Kier alpha value is -2.94. The van der Waals surface area contributed by atoms with E-state index in [1.165, 1.54) is 4.90 Å². The summed E-state index contributed by atoms with van der Waals surface area (Å²) in [7, 11) is 1.70. The predicted octanol–water partition coefficient (Wildman–Crippen LogP) is 2.33. The zero-order valence-corrected chi connectivity index (χ0v) is 17.5. The second kappa shape index (κ2) is 6.55. The Morgan fingerprint density at radius 2 is 2.07 bits per heavy atom. The first-order valence-electron chi connectivity index (χ1n) is 9.75. The van der Waals surface area contributed by atoms with Crippen LogP contribution in [0, 0.1) is 6.92 Å². The van der Waals surface area contributed by atoms with Crippen molar-refractivity contribution in [1.82, 2.24) is 19.9 Å². The number of nitrogens with one attached hydrogen (secondary N) is 1. The third-order valence-electron chi connectivity index (χ3n) is 5.63. The molecule has 0 aliphatic carbocycles. The van der Waals surface area contributed by atoms with Gasteiger partial charge in [0, 0.05) is 31.2 Å². The predicted molar refractivity (Wildman–Crippen MR) is 113 cm³/mol. The Kier molecular flexibility index (Phi) is 4.09. The van der Waals surface area contributed by atoms with Gasteiger partial charge in [0.1, 0.15) is 22.9 Å². The van der Waals surface area contributed by atoms with Crippen molar-refractivity contribution < 1.29 is 9.59 Å². The number of fused-ring (bicyclic) bond motifs is 4. The number of aromatic nitrogens is 3. The van der Waals surface area contributed by atoms with Crippen molar-refractivity contribution in [3.8, 4) is 0 Å². The Morgan fingerprint density at radius 3 is 2.86 bits per heavy atom. The number of carbonyl (C=O) groups is 2. The SMILES string of the molecule is CCN1C(=O)CN(C)C(=O)c2c1sc1c2CCN(c2nc(C)nc3cc[nH]c23)C1. The van der Waals surface area contributed by atoms with Gasteiger partial charge in [-0.25, -0.2) is 9.97 Å². The van der Waals surface area contributed by atoms with Gasteiger partial charge in [0.05, 0.1) is 17.6 Å². The Balaban J connectivity index is 1.59. The monoisotopic (exact) mass is 410 g/mol. The van der Waals surface area contributed by atoms with Gasteiger partial charge in [0.15, 0.2) is 5.82 Å². The summed E-state index contributed by atoms with van der Waals surface area (Å²) in [6.07, 6.45) is 2.63. The number of aryl methyl sites for hydroxylation is 1. The zero-order valence-electron chi connectivity index (χ0n) is 16.7. The van der Waals surface area contributed by atoms with Crippen LogP contribution in [-0.2, 0) is 17.8 Å². The number of nitrogens with zero attached hydrogens (tertiary/aromatic N) is 5. The molecule has 0 spiro atoms. The summed E-state index contributed by atoms with van der Waals surface area (Å²) in [5.41, 5.74) is 3.63. The van der Waals surface area contributed by atoms with Crippen LogP contribution < -0.4 is 9.80 Å². The van der Waals surface area contributed by atoms with Crippen LogP contribution in [-0.4, -0.2) is 58.3 Å².